The number of carbonyl (C=O) groups is 4. The molecule has 0 saturated carbocycles. The number of nitrogens with one attached hydrogen (secondary N) is 3. The zero-order chi connectivity index (χ0) is 77.7. The quantitative estimate of drug-likeness (QED) is 0.0400. The summed E-state index contributed by atoms with van der Waals surface area (Å²) in [5, 5.41) is 26.7. The lowest BCUT2D eigenvalue weighted by atomic mass is 9.87. The maximum absolute atomic E-state index is 15.9. The summed E-state index contributed by atoms with van der Waals surface area (Å²) in [5.74, 6) is -4.50. The molecular weight excluding hydrogens is 1460 g/mol. The molecule has 22 heteroatoms. The van der Waals surface area contributed by atoms with Gasteiger partial charge in [0.2, 0.25) is 0 Å². The number of fused-ring (bicyclic) bond motifs is 20. The molecule has 578 valence electrons. The summed E-state index contributed by atoms with van der Waals surface area (Å²) in [6, 6.07) is 64.0. The molecule has 0 radical (unpaired) electrons. The van der Waals surface area contributed by atoms with E-state index in [4.69, 9.17) is 28.4 Å². The molecule has 5 N–H and O–H groups in total. The first-order valence-corrected chi connectivity index (χ1v) is 37.6. The van der Waals surface area contributed by atoms with Crippen molar-refractivity contribution in [2.45, 2.75) is 129 Å². The van der Waals surface area contributed by atoms with E-state index < -0.39 is 96.0 Å². The maximum atomic E-state index is 15.9. The van der Waals surface area contributed by atoms with Crippen molar-refractivity contribution in [3.63, 3.8) is 0 Å². The first kappa shape index (κ1) is 75.0. The number of rotatable bonds is 18. The van der Waals surface area contributed by atoms with Gasteiger partial charge in [0.25, 0.3) is 23.6 Å². The van der Waals surface area contributed by atoms with Gasteiger partial charge in [-0.05, 0) is 112 Å². The van der Waals surface area contributed by atoms with Gasteiger partial charge in [-0.1, -0.05) is 174 Å². The second-order valence-corrected chi connectivity index (χ2v) is 30.4. The summed E-state index contributed by atoms with van der Waals surface area (Å²) >= 11 is 0. The molecule has 15 aromatic rings. The lowest BCUT2D eigenvalue weighted by molar-refractivity contribution is -0.238. The second-order valence-electron chi connectivity index (χ2n) is 30.4. The molecule has 4 aliphatic rings. The van der Waals surface area contributed by atoms with Crippen LogP contribution < -0.4 is 5.32 Å². The standard InChI is InChI=1S/C58H51F2N3O6.C33H25F2N3O6.CH4/c1-58(2,3)39-21-19-35(20-22-39)30-62-55(64)50-48-43-27-40(59)23-25-45(43)61-52(48)53-49(51(50)56(62)65)44-28-41(60)24-26-46(44)63(53)57-54(68-33-38-17-11-6-12-18-38)47(67-32-37-15-9-5-10-16-37)29-42(69-57)34-66-31-36-13-7-4-8-14-36;34-16-6-8-21-19(10-16)24-26-27(32(42)37-31(26)41)25-20-11-17(35)7-9-22(20)38(29(25)28(24)36-21)33-30(23(40)12-18(13-39)44-33)43-14-15-4-2-1-3-5-15;/h4-28,42,47,54,57,61H,29-34H2,1-3H3;1-11,18,23,30,33,36,39-40H,12-14H2,(H,37,41,42);1H4/t42-,47-,54+,57+;18-,23-,30?,33+;/m00./s1. The van der Waals surface area contributed by atoms with Crippen molar-refractivity contribution in [3.05, 3.63) is 297 Å². The zero-order valence-corrected chi connectivity index (χ0v) is 61.6. The van der Waals surface area contributed by atoms with Crippen LogP contribution in [0.1, 0.15) is 128 Å². The summed E-state index contributed by atoms with van der Waals surface area (Å²) in [4.78, 5) is 65.0. The molecule has 11 aromatic carbocycles. The van der Waals surface area contributed by atoms with Crippen LogP contribution in [0.25, 0.3) is 87.2 Å². The van der Waals surface area contributed by atoms with E-state index in [1.165, 1.54) is 59.5 Å². The Morgan fingerprint density at radius 3 is 1.39 bits per heavy atom. The van der Waals surface area contributed by atoms with Gasteiger partial charge >= 0.3 is 0 Å². The molecule has 8 heterocycles. The summed E-state index contributed by atoms with van der Waals surface area (Å²) < 4.78 is 105. The fourth-order valence-electron chi connectivity index (χ4n) is 16.9. The first-order chi connectivity index (χ1) is 54.8. The van der Waals surface area contributed by atoms with Crippen molar-refractivity contribution >= 4 is 111 Å². The van der Waals surface area contributed by atoms with Gasteiger partial charge in [0.05, 0.1) is 126 Å². The molecule has 19 rings (SSSR count). The van der Waals surface area contributed by atoms with Gasteiger partial charge in [0.1, 0.15) is 35.5 Å². The van der Waals surface area contributed by atoms with Crippen molar-refractivity contribution in [2.24, 2.45) is 0 Å². The van der Waals surface area contributed by atoms with E-state index >= 15 is 18.4 Å². The minimum absolute atomic E-state index is 0. The Bertz CT molecular complexity index is 6270. The minimum Gasteiger partial charge on any atom is -0.394 e. The molecule has 4 amide bonds. The number of ether oxygens (including phenoxy) is 6. The van der Waals surface area contributed by atoms with Crippen molar-refractivity contribution in [3.8, 4) is 0 Å². The zero-order valence-electron chi connectivity index (χ0n) is 61.6. The number of aromatic nitrogens is 4. The summed E-state index contributed by atoms with van der Waals surface area (Å²) in [7, 11) is 0. The average molecular weight is 1540 g/mol. The highest BCUT2D eigenvalue weighted by Crippen LogP contribution is 2.51. The van der Waals surface area contributed by atoms with Gasteiger partial charge in [-0.15, -0.1) is 0 Å². The topological polar surface area (TPSA) is 221 Å². The highest BCUT2D eigenvalue weighted by molar-refractivity contribution is 6.41. The Morgan fingerprint density at radius 2 is 0.886 bits per heavy atom. The van der Waals surface area contributed by atoms with Crippen LogP contribution >= 0.6 is 0 Å². The first-order valence-electron chi connectivity index (χ1n) is 37.6. The van der Waals surface area contributed by atoms with E-state index in [1.54, 1.807) is 22.8 Å². The van der Waals surface area contributed by atoms with Crippen LogP contribution in [0.15, 0.2) is 218 Å². The Hall–Kier alpha value is -11.7. The number of benzene rings is 11. The predicted octanol–water partition coefficient (Wildman–Crippen LogP) is 17.9. The van der Waals surface area contributed by atoms with Crippen LogP contribution in [0.5, 0.6) is 0 Å². The minimum atomic E-state index is -1.06. The molecule has 2 fully saturated rings. The van der Waals surface area contributed by atoms with E-state index in [0.29, 0.717) is 100 Å². The second kappa shape index (κ2) is 30.3. The van der Waals surface area contributed by atoms with E-state index in [-0.39, 0.29) is 81.1 Å². The molecule has 1 unspecified atom stereocenters. The number of aliphatic hydroxyl groups is 2. The number of aliphatic hydroxyl groups excluding tert-OH is 2. The Labute approximate surface area is 651 Å². The molecule has 114 heavy (non-hydrogen) atoms. The van der Waals surface area contributed by atoms with E-state index in [2.05, 4.69) is 36.1 Å². The van der Waals surface area contributed by atoms with Crippen LogP contribution in [0, 0.1) is 23.3 Å². The highest BCUT2D eigenvalue weighted by Gasteiger charge is 2.48. The van der Waals surface area contributed by atoms with Crippen molar-refractivity contribution in [1.29, 1.82) is 0 Å². The van der Waals surface area contributed by atoms with Crippen molar-refractivity contribution in [2.75, 3.05) is 13.2 Å². The van der Waals surface area contributed by atoms with Crippen LogP contribution in [0.4, 0.5) is 17.6 Å². The molecular formula is C92H80F4N6O12. The smallest absolute Gasteiger partial charge is 0.262 e. The van der Waals surface area contributed by atoms with E-state index in [9.17, 15) is 28.6 Å². The summed E-state index contributed by atoms with van der Waals surface area (Å²) in [6.07, 6.45) is -6.14. The molecule has 0 aliphatic carbocycles. The lowest BCUT2D eigenvalue weighted by Gasteiger charge is -2.42. The number of amides is 4. The van der Waals surface area contributed by atoms with Crippen LogP contribution in [0.2, 0.25) is 0 Å². The molecule has 8 atom stereocenters. The Morgan fingerprint density at radius 1 is 0.465 bits per heavy atom. The highest BCUT2D eigenvalue weighted by atomic mass is 19.1. The van der Waals surface area contributed by atoms with Gasteiger partial charge < -0.3 is 57.7 Å². The third-order valence-electron chi connectivity index (χ3n) is 22.2. The van der Waals surface area contributed by atoms with E-state index in [0.717, 1.165) is 33.4 Å². The van der Waals surface area contributed by atoms with E-state index in [1.807, 2.05) is 150 Å². The number of aromatic amines is 2. The monoisotopic (exact) mass is 1540 g/mol. The molecule has 2 saturated heterocycles. The molecule has 0 bridgehead atoms. The number of nitrogens with zero attached hydrogens (tertiary/aromatic N) is 3. The SMILES string of the molecule is C.CC(C)(C)c1ccc(CN2C(=O)c3c(c4c5cc(F)ccc5n([C@@H]5O[C@H](COCc6ccccc6)C[C@H](OCc6ccccc6)[C@H]5OCc5ccccc5)c4c4[nH]c5ccc(F)cc5c34)C2=O)cc1.O=C1NC(=O)c2c1c1c3cc(F)ccc3[nH]c1c1c2c2cc(F)ccc2n1[C@@H]1O[C@H](CO)C[C@H](O)C1OCc1ccccc1. The number of hydrogen-bond donors (Lipinski definition) is 5. The van der Waals surface area contributed by atoms with Crippen LogP contribution in [0.3, 0.4) is 0 Å². The van der Waals surface area contributed by atoms with Gasteiger partial charge in [0.15, 0.2) is 12.5 Å². The number of imide groups is 2. The summed E-state index contributed by atoms with van der Waals surface area (Å²) in [6.45, 7) is 7.21. The summed E-state index contributed by atoms with van der Waals surface area (Å²) in [5.41, 5.74) is 9.67. The fourth-order valence-corrected chi connectivity index (χ4v) is 16.9. The van der Waals surface area contributed by atoms with Gasteiger partial charge in [-0.2, -0.15) is 0 Å². The van der Waals surface area contributed by atoms with Gasteiger partial charge in [0, 0.05) is 67.0 Å². The van der Waals surface area contributed by atoms with Gasteiger partial charge in [-0.3, -0.25) is 29.4 Å². The third-order valence-corrected chi connectivity index (χ3v) is 22.2. The largest absolute Gasteiger partial charge is 0.394 e. The number of hydrogen-bond acceptors (Lipinski definition) is 12. The fraction of sp³-hybridized carbons (Fsp3) is 0.239. The maximum Gasteiger partial charge on any atom is 0.262 e. The Kier molecular flexibility index (Phi) is 20.0. The third kappa shape index (κ3) is 13.4. The number of H-pyrrole nitrogens is 2. The molecule has 18 nitrogen and oxygen atoms in total. The predicted molar refractivity (Wildman–Crippen MR) is 427 cm³/mol. The molecule has 0 spiro atoms. The van der Waals surface area contributed by atoms with Crippen molar-refractivity contribution < 1.29 is 75.4 Å². The molecule has 4 aliphatic heterocycles. The number of carbonyl (C=O) groups excluding carboxylic acids is 4. The molecule has 4 aromatic heterocycles. The van der Waals surface area contributed by atoms with Crippen molar-refractivity contribution in [1.82, 2.24) is 29.3 Å². The average Bonchev–Trinajstić information content (AvgIpc) is 1.53. The number of halogens is 4. The van der Waals surface area contributed by atoms with Gasteiger partial charge in [-0.25, -0.2) is 17.6 Å². The lowest BCUT2D eigenvalue weighted by Crippen LogP contribution is -2.49. The normalized spacial score (nSPS) is 19.7. The van der Waals surface area contributed by atoms with Crippen LogP contribution in [-0.4, -0.2) is 108 Å². The van der Waals surface area contributed by atoms with Crippen LogP contribution in [-0.2, 0) is 66.8 Å². The Balaban J connectivity index is 0.000000179.